The highest BCUT2D eigenvalue weighted by Crippen LogP contribution is 2.60. The molecule has 57 heavy (non-hydrogen) atoms. The van der Waals surface area contributed by atoms with Gasteiger partial charge in [0.1, 0.15) is 0 Å². The van der Waals surface area contributed by atoms with E-state index in [0.717, 1.165) is 8.95 Å². The van der Waals surface area contributed by atoms with Crippen molar-refractivity contribution >= 4 is 37.4 Å². The summed E-state index contributed by atoms with van der Waals surface area (Å²) in [6, 6.07) is 38.6. The molecule has 5 aromatic rings. The fourth-order valence-corrected chi connectivity index (χ4v) is 10.5. The van der Waals surface area contributed by atoms with Crippen molar-refractivity contribution in [1.29, 1.82) is 0 Å². The predicted molar refractivity (Wildman–Crippen MR) is 255 cm³/mol. The first kappa shape index (κ1) is 41.9. The van der Waals surface area contributed by atoms with Crippen LogP contribution in [0.2, 0.25) is 0 Å². The Morgan fingerprint density at radius 2 is 0.895 bits per heavy atom. The summed E-state index contributed by atoms with van der Waals surface area (Å²) >= 11 is 7.88. The third kappa shape index (κ3) is 8.21. The molecule has 2 heteroatoms. The zero-order valence-electron chi connectivity index (χ0n) is 36.0. The average molecular weight is 885 g/mol. The van der Waals surface area contributed by atoms with Crippen molar-refractivity contribution in [2.75, 3.05) is 0 Å². The molecular formula is C55H64Br2. The van der Waals surface area contributed by atoms with Crippen LogP contribution in [-0.2, 0) is 16.2 Å². The van der Waals surface area contributed by atoms with Gasteiger partial charge in [0.05, 0.1) is 5.41 Å². The van der Waals surface area contributed by atoms with E-state index in [2.05, 4.69) is 184 Å². The topological polar surface area (TPSA) is 0 Å². The van der Waals surface area contributed by atoms with Gasteiger partial charge in [-0.1, -0.05) is 205 Å². The molecule has 0 saturated carbocycles. The molecule has 0 bridgehead atoms. The highest BCUT2D eigenvalue weighted by Gasteiger charge is 2.48. The number of fused-ring (bicyclic) bond motifs is 6. The van der Waals surface area contributed by atoms with Crippen molar-refractivity contribution in [3.8, 4) is 22.3 Å². The van der Waals surface area contributed by atoms with Crippen LogP contribution in [0, 0.1) is 0 Å². The van der Waals surface area contributed by atoms with E-state index in [9.17, 15) is 0 Å². The Kier molecular flexibility index (Phi) is 12.6. The summed E-state index contributed by atoms with van der Waals surface area (Å²) in [6.07, 6.45) is 15.5. The highest BCUT2D eigenvalue weighted by molar-refractivity contribution is 9.10. The van der Waals surface area contributed by atoms with Crippen LogP contribution in [-0.4, -0.2) is 0 Å². The molecule has 0 nitrogen and oxygen atoms in total. The van der Waals surface area contributed by atoms with Crippen molar-refractivity contribution < 1.29 is 0 Å². The van der Waals surface area contributed by atoms with Crippen molar-refractivity contribution in [3.05, 3.63) is 156 Å². The predicted octanol–water partition coefficient (Wildman–Crippen LogP) is 17.7. The normalized spacial score (nSPS) is 14.0. The number of halogens is 2. The lowest BCUT2D eigenvalue weighted by molar-refractivity contribution is 0.588. The fraction of sp³-hybridized carbons (Fsp3) is 0.418. The molecule has 0 radical (unpaired) electrons. The van der Waals surface area contributed by atoms with E-state index >= 15 is 0 Å². The van der Waals surface area contributed by atoms with Crippen LogP contribution in [0.15, 0.2) is 112 Å². The SMILES string of the molecule is CCCCCCCC(CCCCCCC)=C1c2cc(Br)ccc2-c2cc3c(cc21)-c1ccc(Br)cc1C3(c1ccc(C(C)(C)C)cc1)c1ccc(C(C)(C)C)cc1. The first-order valence-corrected chi connectivity index (χ1v) is 23.6. The molecule has 0 aliphatic heterocycles. The zero-order valence-corrected chi connectivity index (χ0v) is 39.2. The van der Waals surface area contributed by atoms with E-state index in [0.29, 0.717) is 0 Å². The summed E-state index contributed by atoms with van der Waals surface area (Å²) in [6.45, 7) is 18.5. The number of hydrogen-bond acceptors (Lipinski definition) is 0. The molecule has 7 rings (SSSR count). The molecule has 0 unspecified atom stereocenters. The second-order valence-electron chi connectivity index (χ2n) is 19.0. The molecular weight excluding hydrogens is 820 g/mol. The van der Waals surface area contributed by atoms with Crippen molar-refractivity contribution in [3.63, 3.8) is 0 Å². The van der Waals surface area contributed by atoms with E-state index < -0.39 is 5.41 Å². The van der Waals surface area contributed by atoms with Crippen LogP contribution in [0.1, 0.15) is 177 Å². The Balaban J connectivity index is 1.50. The molecule has 298 valence electrons. The Bertz CT molecular complexity index is 2160. The van der Waals surface area contributed by atoms with Crippen LogP contribution < -0.4 is 0 Å². The number of hydrogen-bond donors (Lipinski definition) is 0. The molecule has 0 fully saturated rings. The van der Waals surface area contributed by atoms with Crippen molar-refractivity contribution in [1.82, 2.24) is 0 Å². The van der Waals surface area contributed by atoms with E-state index in [4.69, 9.17) is 0 Å². The highest BCUT2D eigenvalue weighted by atomic mass is 79.9. The lowest BCUT2D eigenvalue weighted by Gasteiger charge is -2.35. The van der Waals surface area contributed by atoms with E-state index in [1.807, 2.05) is 0 Å². The molecule has 0 heterocycles. The Morgan fingerprint density at radius 3 is 1.40 bits per heavy atom. The van der Waals surface area contributed by atoms with Crippen LogP contribution in [0.3, 0.4) is 0 Å². The van der Waals surface area contributed by atoms with Crippen molar-refractivity contribution in [2.24, 2.45) is 0 Å². The fourth-order valence-electron chi connectivity index (χ4n) is 9.74. The first-order valence-electron chi connectivity index (χ1n) is 22.0. The van der Waals surface area contributed by atoms with E-state index in [1.54, 1.807) is 5.57 Å². The Morgan fingerprint density at radius 1 is 0.439 bits per heavy atom. The standard InChI is InChI=1S/C55H64Br2/c1-9-11-13-15-17-19-37(20-18-16-14-12-10-2)52-48-33-42(56)29-31-44(48)46-36-51-47(35-49(46)52)45-32-30-43(57)34-50(45)55(51,40-25-21-38(22-26-40)53(3,4)5)41-27-23-39(24-28-41)54(6,7)8/h21-36H,9-20H2,1-8H3. The summed E-state index contributed by atoms with van der Waals surface area (Å²) in [7, 11) is 0. The van der Waals surface area contributed by atoms with Crippen LogP contribution in [0.4, 0.5) is 0 Å². The molecule has 0 spiro atoms. The first-order chi connectivity index (χ1) is 27.3. The largest absolute Gasteiger partial charge is 0.0714 e. The van der Waals surface area contributed by atoms with E-state index in [1.165, 1.54) is 149 Å². The molecule has 2 aliphatic rings. The minimum absolute atomic E-state index is 0.0693. The van der Waals surface area contributed by atoms with Crippen LogP contribution in [0.5, 0.6) is 0 Å². The summed E-state index contributed by atoms with van der Waals surface area (Å²) in [5.74, 6) is 0. The lowest BCUT2D eigenvalue weighted by Crippen LogP contribution is -2.29. The second kappa shape index (κ2) is 17.2. The van der Waals surface area contributed by atoms with E-state index in [-0.39, 0.29) is 10.8 Å². The molecule has 5 aromatic carbocycles. The van der Waals surface area contributed by atoms with Gasteiger partial charge >= 0.3 is 0 Å². The third-order valence-electron chi connectivity index (χ3n) is 12.9. The number of allylic oxidation sites excluding steroid dienone is 1. The summed E-state index contributed by atoms with van der Waals surface area (Å²) in [4.78, 5) is 0. The summed E-state index contributed by atoms with van der Waals surface area (Å²) in [5, 5.41) is 0. The maximum Gasteiger partial charge on any atom is 0.0714 e. The van der Waals surface area contributed by atoms with Gasteiger partial charge in [-0.3, -0.25) is 0 Å². The van der Waals surface area contributed by atoms with Gasteiger partial charge in [0, 0.05) is 8.95 Å². The van der Waals surface area contributed by atoms with Gasteiger partial charge < -0.3 is 0 Å². The minimum atomic E-state index is -0.486. The van der Waals surface area contributed by atoms with Crippen LogP contribution >= 0.6 is 31.9 Å². The molecule has 0 saturated heterocycles. The smallest absolute Gasteiger partial charge is 0.0654 e. The average Bonchev–Trinajstić information content (AvgIpc) is 3.64. The molecule has 0 aromatic heterocycles. The van der Waals surface area contributed by atoms with Gasteiger partial charge in [-0.25, -0.2) is 0 Å². The third-order valence-corrected chi connectivity index (χ3v) is 13.9. The van der Waals surface area contributed by atoms with Gasteiger partial charge in [-0.2, -0.15) is 0 Å². The molecule has 0 atom stereocenters. The number of unbranched alkanes of at least 4 members (excludes halogenated alkanes) is 8. The van der Waals surface area contributed by atoms with Gasteiger partial charge in [0.2, 0.25) is 0 Å². The molecule has 2 aliphatic carbocycles. The van der Waals surface area contributed by atoms with Gasteiger partial charge in [0.25, 0.3) is 0 Å². The van der Waals surface area contributed by atoms with Gasteiger partial charge in [-0.15, -0.1) is 0 Å². The number of rotatable bonds is 14. The maximum atomic E-state index is 3.96. The Labute approximate surface area is 362 Å². The quantitative estimate of drug-likeness (QED) is 0.0955. The Hall–Kier alpha value is -3.20. The monoisotopic (exact) mass is 882 g/mol. The molecule has 0 N–H and O–H groups in total. The van der Waals surface area contributed by atoms with Gasteiger partial charge in [-0.05, 0) is 145 Å². The summed E-state index contributed by atoms with van der Waals surface area (Å²) in [5.41, 5.74) is 19.2. The summed E-state index contributed by atoms with van der Waals surface area (Å²) < 4.78 is 2.28. The zero-order chi connectivity index (χ0) is 40.5. The van der Waals surface area contributed by atoms with Crippen LogP contribution in [0.25, 0.3) is 27.8 Å². The minimum Gasteiger partial charge on any atom is -0.0654 e. The second-order valence-corrected chi connectivity index (χ2v) is 20.9. The lowest BCUT2D eigenvalue weighted by atomic mass is 9.66. The molecule has 0 amide bonds. The van der Waals surface area contributed by atoms with Gasteiger partial charge in [0.15, 0.2) is 0 Å². The number of benzene rings is 5. The maximum absolute atomic E-state index is 3.96. The van der Waals surface area contributed by atoms with Crippen molar-refractivity contribution in [2.45, 2.75) is 149 Å².